The molecule has 0 aliphatic heterocycles. The largest absolute Gasteiger partial charge is 0.380 e. The molecule has 154 valence electrons. The van der Waals surface area contributed by atoms with Crippen molar-refractivity contribution in [1.82, 2.24) is 5.32 Å². The van der Waals surface area contributed by atoms with Crippen molar-refractivity contribution in [2.24, 2.45) is 0 Å². The predicted octanol–water partition coefficient (Wildman–Crippen LogP) is 6.72. The Morgan fingerprint density at radius 3 is 1.90 bits per heavy atom. The Kier molecular flexibility index (Phi) is 7.62. The standard InChI is InChI=1S/C28H31NO/c1-4-5-11-26(30)27(24-16-12-21(2)13-17-24)28(25-18-14-22(3)15-19-25)29-20-23-9-7-6-8-10-23/h6-10,12-19,29H,4-5,11,20H2,1-3H3/b28-27+. The molecule has 0 heterocycles. The summed E-state index contributed by atoms with van der Waals surface area (Å²) in [5, 5.41) is 3.60. The third-order valence-electron chi connectivity index (χ3n) is 5.28. The lowest BCUT2D eigenvalue weighted by atomic mass is 9.92. The van der Waals surface area contributed by atoms with E-state index < -0.39 is 0 Å². The second kappa shape index (κ2) is 10.6. The number of Topliss-reactive ketones (excluding diaryl/α,β-unsaturated/α-hetero) is 1. The number of rotatable bonds is 9. The number of carbonyl (C=O) groups is 1. The summed E-state index contributed by atoms with van der Waals surface area (Å²) >= 11 is 0. The van der Waals surface area contributed by atoms with Gasteiger partial charge in [0.2, 0.25) is 0 Å². The van der Waals surface area contributed by atoms with Crippen LogP contribution in [-0.2, 0) is 11.3 Å². The van der Waals surface area contributed by atoms with Gasteiger partial charge in [-0.05, 0) is 37.0 Å². The van der Waals surface area contributed by atoms with E-state index in [-0.39, 0.29) is 5.78 Å². The lowest BCUT2D eigenvalue weighted by molar-refractivity contribution is -0.113. The quantitative estimate of drug-likeness (QED) is 0.321. The van der Waals surface area contributed by atoms with Gasteiger partial charge in [0.25, 0.3) is 0 Å². The summed E-state index contributed by atoms with van der Waals surface area (Å²) < 4.78 is 0. The molecule has 30 heavy (non-hydrogen) atoms. The fourth-order valence-electron chi connectivity index (χ4n) is 3.47. The maximum atomic E-state index is 13.4. The number of nitrogens with one attached hydrogen (secondary N) is 1. The Morgan fingerprint density at radius 2 is 1.33 bits per heavy atom. The number of benzene rings is 3. The number of ketones is 1. The number of hydrogen-bond acceptors (Lipinski definition) is 2. The SMILES string of the molecule is CCCCC(=O)/C(=C(/NCc1ccccc1)c1ccc(C)cc1)c1ccc(C)cc1. The fraction of sp³-hybridized carbons (Fsp3) is 0.250. The third-order valence-corrected chi connectivity index (χ3v) is 5.28. The first-order valence-electron chi connectivity index (χ1n) is 10.8. The number of unbranched alkanes of at least 4 members (excludes halogenated alkanes) is 1. The van der Waals surface area contributed by atoms with Crippen molar-refractivity contribution in [1.29, 1.82) is 0 Å². The van der Waals surface area contributed by atoms with Crippen molar-refractivity contribution in [3.8, 4) is 0 Å². The van der Waals surface area contributed by atoms with Gasteiger partial charge in [-0.15, -0.1) is 0 Å². The molecule has 1 N–H and O–H groups in total. The Labute approximate surface area is 180 Å². The Bertz CT molecular complexity index is 983. The average molecular weight is 398 g/mol. The minimum absolute atomic E-state index is 0.192. The van der Waals surface area contributed by atoms with Crippen molar-refractivity contribution in [3.63, 3.8) is 0 Å². The lowest BCUT2D eigenvalue weighted by Gasteiger charge is -2.18. The van der Waals surface area contributed by atoms with Crippen molar-refractivity contribution in [2.45, 2.75) is 46.6 Å². The number of allylic oxidation sites excluding steroid dienone is 1. The maximum absolute atomic E-state index is 13.4. The van der Waals surface area contributed by atoms with Crippen LogP contribution in [0.4, 0.5) is 0 Å². The van der Waals surface area contributed by atoms with Gasteiger partial charge in [-0.2, -0.15) is 0 Å². The van der Waals surface area contributed by atoms with Gasteiger partial charge in [-0.25, -0.2) is 0 Å². The molecule has 3 rings (SSSR count). The maximum Gasteiger partial charge on any atom is 0.165 e. The van der Waals surface area contributed by atoms with Gasteiger partial charge in [0.05, 0.1) is 5.70 Å². The first kappa shape index (κ1) is 21.6. The van der Waals surface area contributed by atoms with Gasteiger partial charge in [-0.1, -0.05) is 103 Å². The zero-order chi connectivity index (χ0) is 21.3. The Balaban J connectivity index is 2.11. The van der Waals surface area contributed by atoms with E-state index in [4.69, 9.17) is 0 Å². The van der Waals surface area contributed by atoms with Crippen LogP contribution in [0.15, 0.2) is 78.9 Å². The van der Waals surface area contributed by atoms with E-state index in [0.717, 1.165) is 35.2 Å². The fourth-order valence-corrected chi connectivity index (χ4v) is 3.47. The molecule has 0 atom stereocenters. The molecule has 0 amide bonds. The van der Waals surface area contributed by atoms with Crippen LogP contribution < -0.4 is 5.32 Å². The predicted molar refractivity (Wildman–Crippen MR) is 127 cm³/mol. The van der Waals surface area contributed by atoms with Gasteiger partial charge >= 0.3 is 0 Å². The van der Waals surface area contributed by atoms with Gasteiger partial charge < -0.3 is 5.32 Å². The Hall–Kier alpha value is -3.13. The van der Waals surface area contributed by atoms with Gasteiger partial charge in [0.1, 0.15) is 0 Å². The number of carbonyl (C=O) groups excluding carboxylic acids is 1. The molecule has 2 nitrogen and oxygen atoms in total. The van der Waals surface area contributed by atoms with E-state index in [2.05, 4.69) is 86.8 Å². The summed E-state index contributed by atoms with van der Waals surface area (Å²) in [7, 11) is 0. The van der Waals surface area contributed by atoms with Crippen LogP contribution in [0.5, 0.6) is 0 Å². The molecule has 0 fully saturated rings. The Morgan fingerprint density at radius 1 is 0.767 bits per heavy atom. The van der Waals surface area contributed by atoms with E-state index in [9.17, 15) is 4.79 Å². The third kappa shape index (κ3) is 5.70. The molecule has 3 aromatic rings. The number of hydrogen-bond donors (Lipinski definition) is 1. The van der Waals surface area contributed by atoms with Gasteiger partial charge in [0.15, 0.2) is 5.78 Å². The molecule has 0 aliphatic carbocycles. The van der Waals surface area contributed by atoms with E-state index >= 15 is 0 Å². The van der Waals surface area contributed by atoms with Crippen LogP contribution in [0.3, 0.4) is 0 Å². The molecule has 0 saturated carbocycles. The minimum Gasteiger partial charge on any atom is -0.380 e. The summed E-state index contributed by atoms with van der Waals surface area (Å²) in [6.07, 6.45) is 2.46. The highest BCUT2D eigenvalue weighted by atomic mass is 16.1. The van der Waals surface area contributed by atoms with Crippen LogP contribution >= 0.6 is 0 Å². The summed E-state index contributed by atoms with van der Waals surface area (Å²) in [5.74, 6) is 0.192. The van der Waals surface area contributed by atoms with Crippen molar-refractivity contribution in [2.75, 3.05) is 0 Å². The van der Waals surface area contributed by atoms with Crippen LogP contribution in [0.1, 0.15) is 54.0 Å². The molecule has 0 saturated heterocycles. The zero-order valence-corrected chi connectivity index (χ0v) is 18.2. The van der Waals surface area contributed by atoms with Crippen molar-refractivity contribution < 1.29 is 4.79 Å². The highest BCUT2D eigenvalue weighted by Crippen LogP contribution is 2.28. The normalized spacial score (nSPS) is 11.7. The van der Waals surface area contributed by atoms with Crippen molar-refractivity contribution in [3.05, 3.63) is 107 Å². The highest BCUT2D eigenvalue weighted by molar-refractivity contribution is 6.27. The topological polar surface area (TPSA) is 29.1 Å². The molecule has 0 aliphatic rings. The van der Waals surface area contributed by atoms with Gasteiger partial charge in [0, 0.05) is 18.5 Å². The smallest absolute Gasteiger partial charge is 0.165 e. The van der Waals surface area contributed by atoms with E-state index in [1.807, 2.05) is 18.2 Å². The lowest BCUT2D eigenvalue weighted by Crippen LogP contribution is -2.17. The van der Waals surface area contributed by atoms with Crippen molar-refractivity contribution >= 4 is 17.1 Å². The first-order chi connectivity index (χ1) is 14.6. The summed E-state index contributed by atoms with van der Waals surface area (Å²) in [6, 6.07) is 27.0. The highest BCUT2D eigenvalue weighted by Gasteiger charge is 2.19. The van der Waals surface area contributed by atoms with E-state index in [0.29, 0.717) is 13.0 Å². The second-order valence-electron chi connectivity index (χ2n) is 7.85. The first-order valence-corrected chi connectivity index (χ1v) is 10.8. The van der Waals surface area contributed by atoms with Crippen LogP contribution in [0, 0.1) is 13.8 Å². The molecule has 2 heteroatoms. The van der Waals surface area contributed by atoms with E-state index in [1.54, 1.807) is 0 Å². The molecular weight excluding hydrogens is 366 g/mol. The number of aryl methyl sites for hydroxylation is 2. The molecule has 0 aromatic heterocycles. The molecule has 0 unspecified atom stereocenters. The summed E-state index contributed by atoms with van der Waals surface area (Å²) in [6.45, 7) is 6.94. The minimum atomic E-state index is 0.192. The molecule has 0 radical (unpaired) electrons. The summed E-state index contributed by atoms with van der Waals surface area (Å²) in [5.41, 5.74) is 7.27. The van der Waals surface area contributed by atoms with E-state index in [1.165, 1.54) is 16.7 Å². The van der Waals surface area contributed by atoms with Crippen LogP contribution in [0.25, 0.3) is 11.3 Å². The molecule has 3 aromatic carbocycles. The average Bonchev–Trinajstić information content (AvgIpc) is 2.77. The monoisotopic (exact) mass is 397 g/mol. The van der Waals surface area contributed by atoms with Crippen LogP contribution in [-0.4, -0.2) is 5.78 Å². The van der Waals surface area contributed by atoms with Gasteiger partial charge in [-0.3, -0.25) is 4.79 Å². The molecular formula is C28H31NO. The molecule has 0 spiro atoms. The van der Waals surface area contributed by atoms with Crippen LogP contribution in [0.2, 0.25) is 0 Å². The zero-order valence-electron chi connectivity index (χ0n) is 18.2. The summed E-state index contributed by atoms with van der Waals surface area (Å²) in [4.78, 5) is 13.4. The molecule has 0 bridgehead atoms. The second-order valence-corrected chi connectivity index (χ2v) is 7.85.